The number of hydrogen-bond donors (Lipinski definition) is 1. The predicted octanol–water partition coefficient (Wildman–Crippen LogP) is 4.57. The fraction of sp³-hybridized carbons (Fsp3) is 0.400. The van der Waals surface area contributed by atoms with Crippen LogP contribution in [0.4, 0.5) is 5.13 Å². The minimum Gasteiger partial charge on any atom is -0.375 e. The summed E-state index contributed by atoms with van der Waals surface area (Å²) in [5.41, 5.74) is 11.2. The number of aryl methyl sites for hydroxylation is 2. The van der Waals surface area contributed by atoms with Gasteiger partial charge in [0, 0.05) is 21.7 Å². The second-order valence-corrected chi connectivity index (χ2v) is 7.36. The van der Waals surface area contributed by atoms with Crippen molar-refractivity contribution in [3.8, 4) is 0 Å². The van der Waals surface area contributed by atoms with Gasteiger partial charge in [-0.3, -0.25) is 0 Å². The molecule has 1 saturated carbocycles. The van der Waals surface area contributed by atoms with Gasteiger partial charge in [-0.25, -0.2) is 4.98 Å². The molecule has 19 heavy (non-hydrogen) atoms. The summed E-state index contributed by atoms with van der Waals surface area (Å²) in [4.78, 5) is 5.89. The van der Waals surface area contributed by atoms with Gasteiger partial charge in [-0.2, -0.15) is 0 Å². The molecule has 0 radical (unpaired) electrons. The van der Waals surface area contributed by atoms with Crippen LogP contribution in [0.3, 0.4) is 0 Å². The monoisotopic (exact) mass is 336 g/mol. The van der Waals surface area contributed by atoms with Crippen molar-refractivity contribution in [3.05, 3.63) is 43.9 Å². The number of halogens is 1. The molecule has 1 aliphatic carbocycles. The van der Waals surface area contributed by atoms with E-state index in [0.29, 0.717) is 11.0 Å². The topological polar surface area (TPSA) is 38.9 Å². The molecule has 0 unspecified atom stereocenters. The molecule has 1 aliphatic rings. The van der Waals surface area contributed by atoms with Crippen LogP contribution < -0.4 is 5.73 Å². The van der Waals surface area contributed by atoms with E-state index in [0.717, 1.165) is 10.9 Å². The van der Waals surface area contributed by atoms with Crippen LogP contribution in [0, 0.1) is 13.8 Å². The number of aromatic nitrogens is 1. The van der Waals surface area contributed by atoms with Crippen molar-refractivity contribution >= 4 is 32.4 Å². The van der Waals surface area contributed by atoms with Gasteiger partial charge in [-0.05, 0) is 55.5 Å². The molecule has 1 aromatic carbocycles. The Kier molecular flexibility index (Phi) is 3.39. The van der Waals surface area contributed by atoms with Crippen LogP contribution in [0.1, 0.15) is 46.0 Å². The molecule has 1 aromatic heterocycles. The third-order valence-corrected chi connectivity index (χ3v) is 5.06. The normalized spacial score (nSPS) is 14.9. The Hall–Kier alpha value is -0.870. The largest absolute Gasteiger partial charge is 0.375 e. The molecule has 1 fully saturated rings. The van der Waals surface area contributed by atoms with Crippen LogP contribution in [-0.4, -0.2) is 4.98 Å². The Morgan fingerprint density at radius 2 is 1.95 bits per heavy atom. The van der Waals surface area contributed by atoms with E-state index in [-0.39, 0.29) is 0 Å². The van der Waals surface area contributed by atoms with E-state index < -0.39 is 0 Å². The number of nitrogen functional groups attached to an aromatic ring is 1. The van der Waals surface area contributed by atoms with Gasteiger partial charge in [0.1, 0.15) is 0 Å². The highest BCUT2D eigenvalue weighted by atomic mass is 79.9. The van der Waals surface area contributed by atoms with E-state index in [1.807, 2.05) is 0 Å². The number of benzene rings is 1. The zero-order valence-electron chi connectivity index (χ0n) is 11.2. The van der Waals surface area contributed by atoms with Crippen molar-refractivity contribution in [2.24, 2.45) is 0 Å². The summed E-state index contributed by atoms with van der Waals surface area (Å²) >= 11 is 5.21. The first-order chi connectivity index (χ1) is 9.04. The molecular formula is C15H17BrN2S. The average Bonchev–Trinajstić information content (AvgIpc) is 3.08. The summed E-state index contributed by atoms with van der Waals surface area (Å²) in [5, 5.41) is 0.712. The quantitative estimate of drug-likeness (QED) is 0.891. The van der Waals surface area contributed by atoms with Crippen molar-refractivity contribution in [1.29, 1.82) is 0 Å². The van der Waals surface area contributed by atoms with Gasteiger partial charge in [0.05, 0.1) is 5.69 Å². The smallest absolute Gasteiger partial charge is 0.180 e. The second kappa shape index (κ2) is 4.91. The molecule has 0 spiro atoms. The predicted molar refractivity (Wildman–Crippen MR) is 84.9 cm³/mol. The van der Waals surface area contributed by atoms with Crippen LogP contribution in [-0.2, 0) is 6.42 Å². The molecule has 0 bridgehead atoms. The van der Waals surface area contributed by atoms with E-state index in [9.17, 15) is 0 Å². The third-order valence-electron chi connectivity index (χ3n) is 3.71. The SMILES string of the molecule is Cc1cc(Br)cc(C)c1Cc1sc(N)nc1C1CC1. The maximum absolute atomic E-state index is 5.90. The van der Waals surface area contributed by atoms with Crippen molar-refractivity contribution in [2.75, 3.05) is 5.73 Å². The van der Waals surface area contributed by atoms with Gasteiger partial charge in [0.15, 0.2) is 5.13 Å². The Labute approximate surface area is 126 Å². The minimum absolute atomic E-state index is 0.666. The van der Waals surface area contributed by atoms with E-state index in [4.69, 9.17) is 5.73 Å². The van der Waals surface area contributed by atoms with Gasteiger partial charge in [0.25, 0.3) is 0 Å². The zero-order chi connectivity index (χ0) is 13.6. The van der Waals surface area contributed by atoms with Crippen molar-refractivity contribution in [2.45, 2.75) is 39.0 Å². The standard InChI is InChI=1S/C15H17BrN2S/c1-8-5-11(16)6-9(2)12(8)7-13-14(10-3-4-10)18-15(17)19-13/h5-6,10H,3-4,7H2,1-2H3,(H2,17,18). The maximum Gasteiger partial charge on any atom is 0.180 e. The first-order valence-corrected chi connectivity index (χ1v) is 8.16. The average molecular weight is 337 g/mol. The van der Waals surface area contributed by atoms with Gasteiger partial charge in [-0.15, -0.1) is 11.3 Å². The van der Waals surface area contributed by atoms with Gasteiger partial charge in [0.2, 0.25) is 0 Å². The van der Waals surface area contributed by atoms with E-state index in [1.54, 1.807) is 11.3 Å². The van der Waals surface area contributed by atoms with Gasteiger partial charge < -0.3 is 5.73 Å². The lowest BCUT2D eigenvalue weighted by molar-refractivity contribution is 1.00. The molecule has 4 heteroatoms. The van der Waals surface area contributed by atoms with Gasteiger partial charge in [-0.1, -0.05) is 15.9 Å². The summed E-state index contributed by atoms with van der Waals surface area (Å²) < 4.78 is 1.15. The number of nitrogens with two attached hydrogens (primary N) is 1. The fourth-order valence-corrected chi connectivity index (χ4v) is 4.18. The lowest BCUT2D eigenvalue weighted by Gasteiger charge is -2.10. The van der Waals surface area contributed by atoms with E-state index in [1.165, 1.54) is 40.1 Å². The summed E-state index contributed by atoms with van der Waals surface area (Å²) in [5.74, 6) is 0.666. The number of anilines is 1. The molecule has 2 N–H and O–H groups in total. The molecule has 2 aromatic rings. The van der Waals surface area contributed by atoms with Crippen LogP contribution >= 0.6 is 27.3 Å². The highest BCUT2D eigenvalue weighted by molar-refractivity contribution is 9.10. The van der Waals surface area contributed by atoms with Crippen molar-refractivity contribution in [1.82, 2.24) is 4.98 Å². The summed E-state index contributed by atoms with van der Waals surface area (Å²) in [6.45, 7) is 4.35. The lowest BCUT2D eigenvalue weighted by atomic mass is 9.98. The minimum atomic E-state index is 0.666. The van der Waals surface area contributed by atoms with Gasteiger partial charge >= 0.3 is 0 Å². The number of rotatable bonds is 3. The first-order valence-electron chi connectivity index (χ1n) is 6.55. The van der Waals surface area contributed by atoms with E-state index >= 15 is 0 Å². The number of thiazole rings is 1. The Balaban J connectivity index is 1.97. The maximum atomic E-state index is 5.90. The molecule has 100 valence electrons. The summed E-state index contributed by atoms with van der Waals surface area (Å²) in [6, 6.07) is 4.37. The molecule has 0 saturated heterocycles. The Morgan fingerprint density at radius 3 is 2.53 bits per heavy atom. The molecule has 2 nitrogen and oxygen atoms in total. The van der Waals surface area contributed by atoms with Crippen LogP contribution in [0.25, 0.3) is 0 Å². The Morgan fingerprint density at radius 1 is 1.32 bits per heavy atom. The van der Waals surface area contributed by atoms with Crippen LogP contribution in [0.5, 0.6) is 0 Å². The molecule has 3 rings (SSSR count). The lowest BCUT2D eigenvalue weighted by Crippen LogP contribution is -1.97. The zero-order valence-corrected chi connectivity index (χ0v) is 13.6. The fourth-order valence-electron chi connectivity index (χ4n) is 2.56. The molecule has 0 aliphatic heterocycles. The van der Waals surface area contributed by atoms with Crippen molar-refractivity contribution < 1.29 is 0 Å². The molecular weight excluding hydrogens is 320 g/mol. The summed E-state index contributed by atoms with van der Waals surface area (Å²) in [7, 11) is 0. The molecule has 0 amide bonds. The highest BCUT2D eigenvalue weighted by Crippen LogP contribution is 2.44. The van der Waals surface area contributed by atoms with Crippen molar-refractivity contribution in [3.63, 3.8) is 0 Å². The first kappa shape index (κ1) is 13.1. The van der Waals surface area contributed by atoms with E-state index in [2.05, 4.69) is 46.9 Å². The number of hydrogen-bond acceptors (Lipinski definition) is 3. The molecule has 1 heterocycles. The Bertz CT molecular complexity index is 606. The third kappa shape index (κ3) is 2.70. The second-order valence-electron chi connectivity index (χ2n) is 5.33. The van der Waals surface area contributed by atoms with Crippen LogP contribution in [0.2, 0.25) is 0 Å². The summed E-state index contributed by atoms with van der Waals surface area (Å²) in [6.07, 6.45) is 3.51. The highest BCUT2D eigenvalue weighted by Gasteiger charge is 2.29. The van der Waals surface area contributed by atoms with Crippen LogP contribution in [0.15, 0.2) is 16.6 Å². The molecule has 0 atom stereocenters. The number of nitrogens with zero attached hydrogens (tertiary/aromatic N) is 1.